The van der Waals surface area contributed by atoms with Crippen LogP contribution in [0.15, 0.2) is 51.9 Å². The summed E-state index contributed by atoms with van der Waals surface area (Å²) in [6.07, 6.45) is 1.64. The standard InChI is InChI=1S/C21H25N5O5S/c1-14(2)25-8-10-26(11-9-25)20-17(4-3-7-22-20)24-32(29,30)16-6-5-15-12-19(21(27)23-28)31-18(15)13-16/h3-7,12-14,24,28H,8-11H2,1-2H3,(H,23,27). The molecule has 0 aliphatic carbocycles. The fourth-order valence-corrected chi connectivity index (χ4v) is 4.80. The van der Waals surface area contributed by atoms with Crippen LogP contribution in [0.2, 0.25) is 0 Å². The molecule has 32 heavy (non-hydrogen) atoms. The van der Waals surface area contributed by atoms with Crippen molar-refractivity contribution in [3.05, 3.63) is 48.4 Å². The van der Waals surface area contributed by atoms with Gasteiger partial charge in [-0.15, -0.1) is 0 Å². The van der Waals surface area contributed by atoms with Crippen LogP contribution in [0.3, 0.4) is 0 Å². The summed E-state index contributed by atoms with van der Waals surface area (Å²) >= 11 is 0. The topological polar surface area (TPSA) is 128 Å². The summed E-state index contributed by atoms with van der Waals surface area (Å²) in [5.74, 6) is -0.359. The Morgan fingerprint density at radius 2 is 1.91 bits per heavy atom. The SMILES string of the molecule is CC(C)N1CCN(c2ncccc2NS(=O)(=O)c2ccc3cc(C(=O)NO)oc3c2)CC1. The largest absolute Gasteiger partial charge is 0.451 e. The Kier molecular flexibility index (Phi) is 6.04. The summed E-state index contributed by atoms with van der Waals surface area (Å²) in [5, 5.41) is 9.29. The van der Waals surface area contributed by atoms with Crippen LogP contribution in [0.5, 0.6) is 0 Å². The lowest BCUT2D eigenvalue weighted by Crippen LogP contribution is -2.49. The Labute approximate surface area is 185 Å². The predicted octanol–water partition coefficient (Wildman–Crippen LogP) is 2.28. The summed E-state index contributed by atoms with van der Waals surface area (Å²) in [6, 6.07) is 9.55. The molecule has 1 amide bonds. The van der Waals surface area contributed by atoms with E-state index in [9.17, 15) is 13.2 Å². The number of hydroxylamine groups is 1. The molecular weight excluding hydrogens is 434 g/mol. The maximum Gasteiger partial charge on any atom is 0.310 e. The third kappa shape index (κ3) is 4.40. The highest BCUT2D eigenvalue weighted by atomic mass is 32.2. The van der Waals surface area contributed by atoms with Gasteiger partial charge >= 0.3 is 5.91 Å². The Bertz CT molecular complexity index is 1230. The highest BCUT2D eigenvalue weighted by Gasteiger charge is 2.24. The second kappa shape index (κ2) is 8.77. The summed E-state index contributed by atoms with van der Waals surface area (Å²) in [4.78, 5) is 20.4. The van der Waals surface area contributed by atoms with Crippen molar-refractivity contribution in [2.24, 2.45) is 0 Å². The predicted molar refractivity (Wildman–Crippen MR) is 119 cm³/mol. The van der Waals surface area contributed by atoms with Crippen LogP contribution in [0, 0.1) is 0 Å². The van der Waals surface area contributed by atoms with Gasteiger partial charge in [0.1, 0.15) is 5.58 Å². The average molecular weight is 460 g/mol. The number of furan rings is 1. The van der Waals surface area contributed by atoms with Crippen molar-refractivity contribution in [2.45, 2.75) is 24.8 Å². The van der Waals surface area contributed by atoms with E-state index < -0.39 is 15.9 Å². The number of piperazine rings is 1. The lowest BCUT2D eigenvalue weighted by atomic mass is 10.2. The minimum absolute atomic E-state index is 0.0188. The van der Waals surface area contributed by atoms with Gasteiger partial charge in [0, 0.05) is 49.9 Å². The normalized spacial score (nSPS) is 15.3. The Balaban J connectivity index is 1.58. The zero-order valence-corrected chi connectivity index (χ0v) is 18.6. The lowest BCUT2D eigenvalue weighted by molar-refractivity contribution is 0.0678. The van der Waals surface area contributed by atoms with Crippen LogP contribution in [-0.2, 0) is 10.0 Å². The van der Waals surface area contributed by atoms with Crippen molar-refractivity contribution >= 4 is 38.4 Å². The molecule has 11 heteroatoms. The third-order valence-electron chi connectivity index (χ3n) is 5.50. The van der Waals surface area contributed by atoms with Gasteiger partial charge in [-0.25, -0.2) is 18.9 Å². The third-order valence-corrected chi connectivity index (χ3v) is 6.87. The maximum atomic E-state index is 13.1. The van der Waals surface area contributed by atoms with Crippen molar-refractivity contribution < 1.29 is 22.8 Å². The molecule has 0 saturated carbocycles. The minimum atomic E-state index is -3.94. The molecular formula is C21H25N5O5S. The molecule has 10 nitrogen and oxygen atoms in total. The monoisotopic (exact) mass is 459 g/mol. The number of aromatic nitrogens is 1. The van der Waals surface area contributed by atoms with E-state index in [4.69, 9.17) is 9.62 Å². The molecule has 1 aliphatic heterocycles. The minimum Gasteiger partial charge on any atom is -0.451 e. The van der Waals surface area contributed by atoms with Gasteiger partial charge in [0.2, 0.25) is 0 Å². The number of sulfonamides is 1. The van der Waals surface area contributed by atoms with Crippen LogP contribution >= 0.6 is 0 Å². The number of benzene rings is 1. The van der Waals surface area contributed by atoms with Crippen molar-refractivity contribution in [2.75, 3.05) is 35.8 Å². The average Bonchev–Trinajstić information content (AvgIpc) is 3.22. The van der Waals surface area contributed by atoms with Crippen molar-refractivity contribution in [3.63, 3.8) is 0 Å². The van der Waals surface area contributed by atoms with Crippen LogP contribution in [0.4, 0.5) is 11.5 Å². The summed E-state index contributed by atoms with van der Waals surface area (Å²) in [6.45, 7) is 7.56. The molecule has 1 aliphatic rings. The maximum absolute atomic E-state index is 13.1. The smallest absolute Gasteiger partial charge is 0.310 e. The van der Waals surface area contributed by atoms with E-state index in [-0.39, 0.29) is 16.2 Å². The first-order valence-corrected chi connectivity index (χ1v) is 11.7. The molecule has 1 aromatic carbocycles. The van der Waals surface area contributed by atoms with Gasteiger partial charge in [0.05, 0.1) is 10.6 Å². The van der Waals surface area contributed by atoms with Gasteiger partial charge in [-0.2, -0.15) is 0 Å². The molecule has 0 unspecified atom stereocenters. The molecule has 170 valence electrons. The number of carbonyl (C=O) groups is 1. The molecule has 0 spiro atoms. The molecule has 0 atom stereocenters. The van der Waals surface area contributed by atoms with Gasteiger partial charge in [-0.1, -0.05) is 0 Å². The Morgan fingerprint density at radius 1 is 1.16 bits per heavy atom. The van der Waals surface area contributed by atoms with Gasteiger partial charge in [-0.05, 0) is 44.2 Å². The van der Waals surface area contributed by atoms with Crippen LogP contribution in [0.1, 0.15) is 24.4 Å². The molecule has 0 radical (unpaired) electrons. The molecule has 4 rings (SSSR count). The second-order valence-electron chi connectivity index (χ2n) is 7.85. The van der Waals surface area contributed by atoms with Crippen LogP contribution < -0.4 is 15.1 Å². The van der Waals surface area contributed by atoms with Crippen molar-refractivity contribution in [1.82, 2.24) is 15.4 Å². The summed E-state index contributed by atoms with van der Waals surface area (Å²) < 4.78 is 34.2. The van der Waals surface area contributed by atoms with Crippen molar-refractivity contribution in [1.29, 1.82) is 0 Å². The van der Waals surface area contributed by atoms with E-state index in [1.54, 1.807) is 18.3 Å². The number of hydrogen-bond acceptors (Lipinski definition) is 8. The summed E-state index contributed by atoms with van der Waals surface area (Å²) in [5.41, 5.74) is 2.09. The fourth-order valence-electron chi connectivity index (χ4n) is 3.73. The van der Waals surface area contributed by atoms with E-state index in [0.717, 1.165) is 26.2 Å². The fraction of sp³-hybridized carbons (Fsp3) is 0.333. The zero-order valence-electron chi connectivity index (χ0n) is 17.8. The molecule has 0 bridgehead atoms. The number of rotatable bonds is 6. The zero-order chi connectivity index (χ0) is 22.9. The van der Waals surface area contributed by atoms with Gasteiger partial charge in [0.25, 0.3) is 10.0 Å². The molecule has 3 heterocycles. The number of amides is 1. The van der Waals surface area contributed by atoms with E-state index in [2.05, 4.69) is 33.4 Å². The van der Waals surface area contributed by atoms with Gasteiger partial charge in [-0.3, -0.25) is 19.6 Å². The highest BCUT2D eigenvalue weighted by molar-refractivity contribution is 7.92. The van der Waals surface area contributed by atoms with Gasteiger partial charge in [0.15, 0.2) is 11.6 Å². The second-order valence-corrected chi connectivity index (χ2v) is 9.53. The number of fused-ring (bicyclic) bond motifs is 1. The molecule has 3 aromatic rings. The highest BCUT2D eigenvalue weighted by Crippen LogP contribution is 2.28. The number of nitrogens with one attached hydrogen (secondary N) is 2. The summed E-state index contributed by atoms with van der Waals surface area (Å²) in [7, 11) is -3.94. The first-order valence-electron chi connectivity index (χ1n) is 10.2. The van der Waals surface area contributed by atoms with Crippen LogP contribution in [-0.4, -0.2) is 61.6 Å². The van der Waals surface area contributed by atoms with E-state index in [1.165, 1.54) is 29.7 Å². The molecule has 1 saturated heterocycles. The Hall–Kier alpha value is -3.15. The molecule has 3 N–H and O–H groups in total. The molecule has 1 fully saturated rings. The Morgan fingerprint density at radius 3 is 2.59 bits per heavy atom. The number of anilines is 2. The van der Waals surface area contributed by atoms with E-state index in [0.29, 0.717) is 22.9 Å². The van der Waals surface area contributed by atoms with Gasteiger partial charge < -0.3 is 9.32 Å². The number of carbonyl (C=O) groups excluding carboxylic acids is 1. The quantitative estimate of drug-likeness (QED) is 0.378. The van der Waals surface area contributed by atoms with E-state index in [1.807, 2.05) is 0 Å². The first-order chi connectivity index (χ1) is 15.3. The first kappa shape index (κ1) is 22.1. The lowest BCUT2D eigenvalue weighted by Gasteiger charge is -2.38. The van der Waals surface area contributed by atoms with Crippen LogP contribution in [0.25, 0.3) is 11.0 Å². The number of nitrogens with zero attached hydrogens (tertiary/aromatic N) is 3. The molecule has 2 aromatic heterocycles. The van der Waals surface area contributed by atoms with Crippen molar-refractivity contribution in [3.8, 4) is 0 Å². The number of pyridine rings is 1. The van der Waals surface area contributed by atoms with E-state index >= 15 is 0 Å². The number of hydrogen-bond donors (Lipinski definition) is 3.